The van der Waals surface area contributed by atoms with Gasteiger partial charge >= 0.3 is 5.97 Å². The molecule has 0 saturated carbocycles. The molecule has 1 aromatic carbocycles. The molecule has 15 heavy (non-hydrogen) atoms. The van der Waals surface area contributed by atoms with Gasteiger partial charge in [-0.05, 0) is 30.9 Å². The van der Waals surface area contributed by atoms with E-state index < -0.39 is 16.3 Å². The van der Waals surface area contributed by atoms with Crippen molar-refractivity contribution in [3.63, 3.8) is 0 Å². The van der Waals surface area contributed by atoms with Gasteiger partial charge in [-0.1, -0.05) is 34.4 Å². The minimum absolute atomic E-state index is 0.457. The van der Waals surface area contributed by atoms with Crippen LogP contribution in [0.5, 0.6) is 0 Å². The van der Waals surface area contributed by atoms with E-state index in [9.17, 15) is 4.79 Å². The van der Waals surface area contributed by atoms with Crippen molar-refractivity contribution in [3.8, 4) is 11.8 Å². The Balaban J connectivity index is 2.64. The van der Waals surface area contributed by atoms with E-state index in [1.165, 1.54) is 0 Å². The van der Waals surface area contributed by atoms with Gasteiger partial charge in [0.25, 0.3) is 0 Å². The fourth-order valence-corrected chi connectivity index (χ4v) is 1.39. The molecule has 0 aliphatic rings. The summed E-state index contributed by atoms with van der Waals surface area (Å²) in [5.41, 5.74) is 0.818. The lowest BCUT2D eigenvalue weighted by Crippen LogP contribution is -2.05. The van der Waals surface area contributed by atoms with Crippen molar-refractivity contribution in [3.05, 3.63) is 35.9 Å². The summed E-state index contributed by atoms with van der Waals surface area (Å²) in [6.07, 6.45) is 5.69. The third-order valence-electron chi connectivity index (χ3n) is 1.41. The zero-order chi connectivity index (χ0) is 11.3. The molecule has 0 amide bonds. The second kappa shape index (κ2) is 4.90. The monoisotopic (exact) mass is 222 g/mol. The number of carbonyl (C=O) groups excluding carboxylic acids is 1. The molecule has 0 N–H and O–H groups in total. The molecule has 0 aromatic heterocycles. The molecule has 0 unspecified atom stereocenters. The Hall–Kier alpha value is -1.40. The summed E-state index contributed by atoms with van der Waals surface area (Å²) in [4.78, 5) is 11.3. The zero-order valence-corrected chi connectivity index (χ0v) is 9.93. The van der Waals surface area contributed by atoms with Gasteiger partial charge in [-0.2, -0.15) is 0 Å². The molecule has 0 saturated heterocycles. The standard InChI is InChI=1S/C12H14O2S/c1-15(2,3)14-12(13)10-9-11-7-5-4-6-8-11/h4-8H,1-3H3. The maximum absolute atomic E-state index is 11.3. The van der Waals surface area contributed by atoms with E-state index in [2.05, 4.69) is 11.8 Å². The summed E-state index contributed by atoms with van der Waals surface area (Å²) in [5, 5.41) is 0. The second-order valence-electron chi connectivity index (χ2n) is 3.71. The van der Waals surface area contributed by atoms with Crippen molar-refractivity contribution in [1.82, 2.24) is 0 Å². The third-order valence-corrected chi connectivity index (χ3v) is 2.06. The van der Waals surface area contributed by atoms with E-state index in [-0.39, 0.29) is 0 Å². The summed E-state index contributed by atoms with van der Waals surface area (Å²) in [6, 6.07) is 9.37. The van der Waals surface area contributed by atoms with Gasteiger partial charge < -0.3 is 4.18 Å². The van der Waals surface area contributed by atoms with Gasteiger partial charge in [0.15, 0.2) is 0 Å². The normalized spacial score (nSPS) is 11.1. The van der Waals surface area contributed by atoms with E-state index in [0.717, 1.165) is 5.56 Å². The Labute approximate surface area is 92.2 Å². The summed E-state index contributed by atoms with van der Waals surface area (Å²) < 4.78 is 5.13. The van der Waals surface area contributed by atoms with Crippen LogP contribution in [0.4, 0.5) is 0 Å². The fourth-order valence-electron chi connectivity index (χ4n) is 0.893. The van der Waals surface area contributed by atoms with Gasteiger partial charge in [0, 0.05) is 11.5 Å². The lowest BCUT2D eigenvalue weighted by molar-refractivity contribution is -0.127. The Morgan fingerprint density at radius 1 is 1.20 bits per heavy atom. The van der Waals surface area contributed by atoms with Gasteiger partial charge in [0.1, 0.15) is 0 Å². The summed E-state index contributed by atoms with van der Waals surface area (Å²) in [6.45, 7) is 0. The quantitative estimate of drug-likeness (QED) is 0.681. The van der Waals surface area contributed by atoms with Crippen LogP contribution < -0.4 is 0 Å². The third kappa shape index (κ3) is 5.14. The minimum atomic E-state index is -1.28. The lowest BCUT2D eigenvalue weighted by Gasteiger charge is -2.22. The predicted molar refractivity (Wildman–Crippen MR) is 64.8 cm³/mol. The first kappa shape index (κ1) is 11.7. The summed E-state index contributed by atoms with van der Waals surface area (Å²) in [5.74, 6) is 4.76. The molecule has 0 heterocycles. The molecule has 0 aliphatic carbocycles. The van der Waals surface area contributed by atoms with Crippen molar-refractivity contribution in [1.29, 1.82) is 0 Å². The lowest BCUT2D eigenvalue weighted by atomic mass is 10.2. The maximum Gasteiger partial charge on any atom is 0.395 e. The fraction of sp³-hybridized carbons (Fsp3) is 0.250. The van der Waals surface area contributed by atoms with Crippen molar-refractivity contribution in [2.75, 3.05) is 18.8 Å². The first-order chi connectivity index (χ1) is 6.97. The number of hydrogen-bond donors (Lipinski definition) is 0. The molecule has 0 atom stereocenters. The largest absolute Gasteiger partial charge is 0.407 e. The molecule has 3 heteroatoms. The Morgan fingerprint density at radius 2 is 1.80 bits per heavy atom. The molecule has 0 spiro atoms. The zero-order valence-electron chi connectivity index (χ0n) is 9.11. The van der Waals surface area contributed by atoms with Crippen LogP contribution in [0.3, 0.4) is 0 Å². The topological polar surface area (TPSA) is 26.3 Å². The SMILES string of the molecule is CS(C)(C)OC(=O)C#Cc1ccccc1. The highest BCUT2D eigenvalue weighted by atomic mass is 32.3. The van der Waals surface area contributed by atoms with Crippen LogP contribution in [0.15, 0.2) is 30.3 Å². The van der Waals surface area contributed by atoms with Crippen molar-refractivity contribution < 1.29 is 8.98 Å². The first-order valence-electron chi connectivity index (χ1n) is 4.46. The number of benzene rings is 1. The highest BCUT2D eigenvalue weighted by Crippen LogP contribution is 2.35. The van der Waals surface area contributed by atoms with E-state index in [1.54, 1.807) is 0 Å². The first-order valence-corrected chi connectivity index (χ1v) is 7.24. The summed E-state index contributed by atoms with van der Waals surface area (Å²) in [7, 11) is -1.28. The molecule has 0 radical (unpaired) electrons. The Morgan fingerprint density at radius 3 is 2.33 bits per heavy atom. The maximum atomic E-state index is 11.3. The van der Waals surface area contributed by atoms with Crippen LogP contribution in [-0.2, 0) is 8.98 Å². The van der Waals surface area contributed by atoms with Crippen LogP contribution in [0.1, 0.15) is 5.56 Å². The van der Waals surface area contributed by atoms with Gasteiger partial charge in [0.05, 0.1) is 0 Å². The van der Waals surface area contributed by atoms with Crippen molar-refractivity contribution in [2.24, 2.45) is 0 Å². The van der Waals surface area contributed by atoms with Gasteiger partial charge in [0.2, 0.25) is 0 Å². The van der Waals surface area contributed by atoms with Crippen molar-refractivity contribution in [2.45, 2.75) is 0 Å². The number of rotatable bonds is 1. The summed E-state index contributed by atoms with van der Waals surface area (Å²) >= 11 is 0. The molecule has 80 valence electrons. The molecule has 0 aliphatic heterocycles. The van der Waals surface area contributed by atoms with E-state index >= 15 is 0 Å². The molecular weight excluding hydrogens is 208 g/mol. The van der Waals surface area contributed by atoms with Crippen LogP contribution in [-0.4, -0.2) is 24.7 Å². The van der Waals surface area contributed by atoms with Crippen LogP contribution in [0.25, 0.3) is 0 Å². The molecule has 1 rings (SSSR count). The predicted octanol–water partition coefficient (Wildman–Crippen LogP) is 2.19. The molecule has 0 fully saturated rings. The van der Waals surface area contributed by atoms with Gasteiger partial charge in [-0.25, -0.2) is 4.79 Å². The second-order valence-corrected chi connectivity index (χ2v) is 7.33. The smallest absolute Gasteiger partial charge is 0.395 e. The van der Waals surface area contributed by atoms with Crippen LogP contribution >= 0.6 is 10.3 Å². The Kier molecular flexibility index (Phi) is 3.81. The molecule has 0 bridgehead atoms. The van der Waals surface area contributed by atoms with Gasteiger partial charge in [-0.15, -0.1) is 0 Å². The Bertz CT molecular complexity index is 393. The van der Waals surface area contributed by atoms with Gasteiger partial charge in [-0.3, -0.25) is 0 Å². The van der Waals surface area contributed by atoms with E-state index in [0.29, 0.717) is 0 Å². The average Bonchev–Trinajstić information content (AvgIpc) is 2.14. The molecule has 1 aromatic rings. The number of hydrogen-bond acceptors (Lipinski definition) is 2. The molecular formula is C12H14O2S. The highest BCUT2D eigenvalue weighted by Gasteiger charge is 2.08. The van der Waals surface area contributed by atoms with E-state index in [4.69, 9.17) is 4.18 Å². The average molecular weight is 222 g/mol. The van der Waals surface area contributed by atoms with Crippen LogP contribution in [0, 0.1) is 11.8 Å². The van der Waals surface area contributed by atoms with Crippen molar-refractivity contribution >= 4 is 16.3 Å². The minimum Gasteiger partial charge on any atom is -0.407 e. The number of carbonyl (C=O) groups is 1. The molecule has 2 nitrogen and oxygen atoms in total. The van der Waals surface area contributed by atoms with E-state index in [1.807, 2.05) is 49.1 Å². The van der Waals surface area contributed by atoms with Crippen LogP contribution in [0.2, 0.25) is 0 Å². The highest BCUT2D eigenvalue weighted by molar-refractivity contribution is 8.28.